The molecule has 0 aliphatic carbocycles. The molecule has 17 heavy (non-hydrogen) atoms. The highest BCUT2D eigenvalue weighted by Crippen LogP contribution is 2.29. The summed E-state index contributed by atoms with van der Waals surface area (Å²) in [5.74, 6) is -2.15. The van der Waals surface area contributed by atoms with Crippen molar-refractivity contribution < 1.29 is 19.4 Å². The van der Waals surface area contributed by atoms with Crippen molar-refractivity contribution in [2.75, 3.05) is 0 Å². The largest absolute Gasteiger partial charge is 0.478 e. The third-order valence-corrected chi connectivity index (χ3v) is 2.64. The molecule has 0 saturated heterocycles. The first kappa shape index (κ1) is 13.5. The number of halogens is 2. The molecule has 0 amide bonds. The summed E-state index contributed by atoms with van der Waals surface area (Å²) >= 11 is 11.4. The topological polar surface area (TPSA) is 63.6 Å². The molecule has 0 saturated carbocycles. The van der Waals surface area contributed by atoms with E-state index in [-0.39, 0.29) is 21.2 Å². The van der Waals surface area contributed by atoms with Crippen LogP contribution in [-0.2, 0) is 4.74 Å². The van der Waals surface area contributed by atoms with E-state index < -0.39 is 11.9 Å². The smallest absolute Gasteiger partial charge is 0.343 e. The van der Waals surface area contributed by atoms with E-state index in [4.69, 9.17) is 28.3 Å². The Balaban J connectivity index is 3.29. The van der Waals surface area contributed by atoms with Gasteiger partial charge in [0.15, 0.2) is 0 Å². The van der Waals surface area contributed by atoms with Crippen LogP contribution in [0.5, 0.6) is 0 Å². The van der Waals surface area contributed by atoms with Gasteiger partial charge in [-0.3, -0.25) is 0 Å². The second kappa shape index (κ2) is 5.70. The van der Waals surface area contributed by atoms with Crippen LogP contribution in [0.3, 0.4) is 0 Å². The fourth-order valence-electron chi connectivity index (χ4n) is 1.12. The maximum atomic E-state index is 11.6. The lowest BCUT2D eigenvalue weighted by Gasteiger charge is -2.07. The van der Waals surface area contributed by atoms with Gasteiger partial charge in [0.25, 0.3) is 0 Å². The quantitative estimate of drug-likeness (QED) is 0.678. The number of rotatable bonds is 3. The number of carbonyl (C=O) groups is 2. The summed E-state index contributed by atoms with van der Waals surface area (Å²) in [6, 6.07) is 2.59. The lowest BCUT2D eigenvalue weighted by atomic mass is 10.1. The maximum absolute atomic E-state index is 11.6. The standard InChI is InChI=1S/C11H8Cl2O4/c1-2-5-17-11(16)6-3-4-7(12)9(13)8(6)10(14)15/h2-5H,1H3,(H,14,15). The van der Waals surface area contributed by atoms with Crippen LogP contribution >= 0.6 is 23.2 Å². The van der Waals surface area contributed by atoms with Gasteiger partial charge in [-0.05, 0) is 19.1 Å². The number of hydrogen-bond acceptors (Lipinski definition) is 3. The van der Waals surface area contributed by atoms with Crippen LogP contribution in [0.15, 0.2) is 24.5 Å². The van der Waals surface area contributed by atoms with Gasteiger partial charge in [-0.25, -0.2) is 9.59 Å². The van der Waals surface area contributed by atoms with Crippen LogP contribution in [0.4, 0.5) is 0 Å². The number of esters is 1. The maximum Gasteiger partial charge on any atom is 0.343 e. The Morgan fingerprint density at radius 1 is 1.35 bits per heavy atom. The Morgan fingerprint density at radius 3 is 2.53 bits per heavy atom. The Hall–Kier alpha value is -1.52. The fraction of sp³-hybridized carbons (Fsp3) is 0.0909. The molecular weight excluding hydrogens is 267 g/mol. The SMILES string of the molecule is CC=COC(=O)c1ccc(Cl)c(Cl)c1C(=O)O. The van der Waals surface area contributed by atoms with Gasteiger partial charge in [0.2, 0.25) is 0 Å². The average molecular weight is 275 g/mol. The van der Waals surface area contributed by atoms with Gasteiger partial charge in [-0.1, -0.05) is 29.3 Å². The number of ether oxygens (including phenoxy) is 1. The van der Waals surface area contributed by atoms with Crippen molar-refractivity contribution in [1.82, 2.24) is 0 Å². The van der Waals surface area contributed by atoms with Crippen molar-refractivity contribution in [1.29, 1.82) is 0 Å². The molecular formula is C11H8Cl2O4. The van der Waals surface area contributed by atoms with Crippen LogP contribution in [0.25, 0.3) is 0 Å². The zero-order valence-corrected chi connectivity index (χ0v) is 10.2. The minimum absolute atomic E-state index is 0.0617. The molecule has 1 aromatic carbocycles. The zero-order chi connectivity index (χ0) is 13.0. The van der Waals surface area contributed by atoms with Gasteiger partial charge < -0.3 is 9.84 Å². The van der Waals surface area contributed by atoms with Gasteiger partial charge in [-0.2, -0.15) is 0 Å². The van der Waals surface area contributed by atoms with Crippen LogP contribution in [0.1, 0.15) is 27.6 Å². The van der Waals surface area contributed by atoms with E-state index in [0.717, 1.165) is 6.26 Å². The highest BCUT2D eigenvalue weighted by molar-refractivity contribution is 6.44. The molecule has 0 aromatic heterocycles. The molecule has 0 spiro atoms. The molecule has 0 heterocycles. The summed E-state index contributed by atoms with van der Waals surface area (Å²) in [5, 5.41) is 8.85. The van der Waals surface area contributed by atoms with Crippen molar-refractivity contribution in [3.63, 3.8) is 0 Å². The molecule has 4 nitrogen and oxygen atoms in total. The van der Waals surface area contributed by atoms with Gasteiger partial charge in [-0.15, -0.1) is 0 Å². The second-order valence-corrected chi connectivity index (χ2v) is 3.75. The number of carboxylic acid groups (broad SMARTS) is 1. The van der Waals surface area contributed by atoms with E-state index in [1.165, 1.54) is 18.2 Å². The van der Waals surface area contributed by atoms with Gasteiger partial charge >= 0.3 is 11.9 Å². The molecule has 0 unspecified atom stereocenters. The van der Waals surface area contributed by atoms with Gasteiger partial charge in [0.1, 0.15) is 0 Å². The predicted octanol–water partition coefficient (Wildman–Crippen LogP) is 3.38. The number of hydrogen-bond donors (Lipinski definition) is 1. The van der Waals surface area contributed by atoms with Crippen molar-refractivity contribution in [3.05, 3.63) is 45.6 Å². The minimum Gasteiger partial charge on any atom is -0.478 e. The first-order valence-corrected chi connectivity index (χ1v) is 5.28. The highest BCUT2D eigenvalue weighted by atomic mass is 35.5. The van der Waals surface area contributed by atoms with E-state index in [2.05, 4.69) is 4.74 Å². The van der Waals surface area contributed by atoms with Gasteiger partial charge in [0.05, 0.1) is 27.4 Å². The molecule has 1 N–H and O–H groups in total. The summed E-state index contributed by atoms with van der Waals surface area (Å²) in [4.78, 5) is 22.6. The molecule has 1 aromatic rings. The van der Waals surface area contributed by atoms with E-state index in [9.17, 15) is 9.59 Å². The summed E-state index contributed by atoms with van der Waals surface area (Å²) in [7, 11) is 0. The monoisotopic (exact) mass is 274 g/mol. The molecule has 0 aliphatic rings. The Labute approximate surface area is 107 Å². The molecule has 0 bridgehead atoms. The van der Waals surface area contributed by atoms with Crippen molar-refractivity contribution in [3.8, 4) is 0 Å². The van der Waals surface area contributed by atoms with Crippen LogP contribution in [-0.4, -0.2) is 17.0 Å². The molecule has 1 rings (SSSR count). The molecule has 0 radical (unpaired) electrons. The van der Waals surface area contributed by atoms with Crippen LogP contribution in [0, 0.1) is 0 Å². The molecule has 0 fully saturated rings. The fourth-order valence-corrected chi connectivity index (χ4v) is 1.53. The van der Waals surface area contributed by atoms with E-state index in [1.807, 2.05) is 0 Å². The zero-order valence-electron chi connectivity index (χ0n) is 8.74. The normalized spacial score (nSPS) is 10.5. The predicted molar refractivity (Wildman–Crippen MR) is 63.7 cm³/mol. The lowest BCUT2D eigenvalue weighted by molar-refractivity contribution is 0.0631. The first-order valence-electron chi connectivity index (χ1n) is 4.52. The number of carboxylic acids is 1. The lowest BCUT2D eigenvalue weighted by Crippen LogP contribution is -2.10. The van der Waals surface area contributed by atoms with E-state index in [1.54, 1.807) is 6.92 Å². The number of carbonyl (C=O) groups excluding carboxylic acids is 1. The molecule has 6 heteroatoms. The second-order valence-electron chi connectivity index (χ2n) is 2.96. The number of aromatic carboxylic acids is 1. The summed E-state index contributed by atoms with van der Waals surface area (Å²) in [6.45, 7) is 1.65. The summed E-state index contributed by atoms with van der Waals surface area (Å²) in [6.07, 6.45) is 2.65. The van der Waals surface area contributed by atoms with Crippen molar-refractivity contribution in [2.24, 2.45) is 0 Å². The Bertz CT molecular complexity index is 494. The van der Waals surface area contributed by atoms with Gasteiger partial charge in [0, 0.05) is 0 Å². The number of allylic oxidation sites excluding steroid dienone is 1. The summed E-state index contributed by atoms with van der Waals surface area (Å²) in [5.41, 5.74) is -0.515. The van der Waals surface area contributed by atoms with E-state index >= 15 is 0 Å². The Kier molecular flexibility index (Phi) is 4.54. The third kappa shape index (κ3) is 2.99. The van der Waals surface area contributed by atoms with E-state index in [0.29, 0.717) is 0 Å². The van der Waals surface area contributed by atoms with Crippen LogP contribution < -0.4 is 0 Å². The first-order chi connectivity index (χ1) is 7.99. The average Bonchev–Trinajstić information content (AvgIpc) is 2.28. The highest BCUT2D eigenvalue weighted by Gasteiger charge is 2.22. The van der Waals surface area contributed by atoms with Crippen LogP contribution in [0.2, 0.25) is 10.0 Å². The Morgan fingerprint density at radius 2 is 2.00 bits per heavy atom. The van der Waals surface area contributed by atoms with Crippen molar-refractivity contribution in [2.45, 2.75) is 6.92 Å². The molecule has 0 aliphatic heterocycles. The third-order valence-electron chi connectivity index (χ3n) is 1.84. The van der Waals surface area contributed by atoms with Crippen molar-refractivity contribution >= 4 is 35.1 Å². The minimum atomic E-state index is -1.34. The number of benzene rings is 1. The summed E-state index contributed by atoms with van der Waals surface area (Å²) < 4.78 is 4.68. The molecule has 0 atom stereocenters. The molecule has 90 valence electrons.